The second-order valence-corrected chi connectivity index (χ2v) is 4.88. The van der Waals surface area contributed by atoms with E-state index in [-0.39, 0.29) is 5.54 Å². The Balaban J connectivity index is 2.62. The van der Waals surface area contributed by atoms with Gasteiger partial charge >= 0.3 is 0 Å². The van der Waals surface area contributed by atoms with E-state index in [2.05, 4.69) is 20.8 Å². The minimum Gasteiger partial charge on any atom is -0.338 e. The molecule has 1 aliphatic heterocycles. The fourth-order valence-corrected chi connectivity index (χ4v) is 1.87. The Labute approximate surface area is 81.3 Å². The van der Waals surface area contributed by atoms with Crippen LogP contribution >= 0.6 is 0 Å². The molecule has 2 heteroatoms. The van der Waals surface area contributed by atoms with Gasteiger partial charge in [0.2, 0.25) is 5.91 Å². The van der Waals surface area contributed by atoms with E-state index in [1.165, 1.54) is 19.3 Å². The van der Waals surface area contributed by atoms with Gasteiger partial charge in [-0.2, -0.15) is 0 Å². The van der Waals surface area contributed by atoms with Gasteiger partial charge in [-0.3, -0.25) is 4.79 Å². The van der Waals surface area contributed by atoms with Crippen molar-refractivity contribution in [3.63, 3.8) is 0 Å². The summed E-state index contributed by atoms with van der Waals surface area (Å²) in [6, 6.07) is 0. The average Bonchev–Trinajstić information content (AvgIpc) is 1.94. The second-order valence-electron chi connectivity index (χ2n) is 4.88. The monoisotopic (exact) mass is 183 g/mol. The van der Waals surface area contributed by atoms with Gasteiger partial charge in [-0.15, -0.1) is 0 Å². The third-order valence-electron chi connectivity index (χ3n) is 2.63. The lowest BCUT2D eigenvalue weighted by Gasteiger charge is -2.37. The minimum atomic E-state index is 0.00836. The number of hydrogen-bond acceptors (Lipinski definition) is 1. The van der Waals surface area contributed by atoms with Crippen molar-refractivity contribution in [3.05, 3.63) is 0 Å². The zero-order valence-corrected chi connectivity index (χ0v) is 9.10. The molecular weight excluding hydrogens is 162 g/mol. The van der Waals surface area contributed by atoms with Gasteiger partial charge in [0.05, 0.1) is 0 Å². The van der Waals surface area contributed by atoms with Gasteiger partial charge in [-0.05, 0) is 33.6 Å². The predicted molar refractivity (Wildman–Crippen MR) is 54.6 cm³/mol. The first-order chi connectivity index (χ1) is 6.02. The molecule has 0 aliphatic carbocycles. The molecule has 1 heterocycles. The van der Waals surface area contributed by atoms with Crippen LogP contribution in [0.2, 0.25) is 0 Å². The fraction of sp³-hybridized carbons (Fsp3) is 0.909. The van der Waals surface area contributed by atoms with Crippen molar-refractivity contribution >= 4 is 5.91 Å². The van der Waals surface area contributed by atoms with E-state index < -0.39 is 0 Å². The highest BCUT2D eigenvalue weighted by Gasteiger charge is 2.26. The van der Waals surface area contributed by atoms with Crippen LogP contribution in [0, 0.1) is 0 Å². The van der Waals surface area contributed by atoms with Gasteiger partial charge in [0.15, 0.2) is 0 Å². The standard InChI is InChI=1S/C11H21NO/c1-11(2,3)12-9-7-5-4-6-8-10(12)13/h4-9H2,1-3H3. The number of carbonyl (C=O) groups is 1. The first-order valence-corrected chi connectivity index (χ1v) is 5.32. The Bertz CT molecular complexity index is 181. The van der Waals surface area contributed by atoms with E-state index >= 15 is 0 Å². The Kier molecular flexibility index (Phi) is 3.34. The number of hydrogen-bond donors (Lipinski definition) is 0. The van der Waals surface area contributed by atoms with Crippen molar-refractivity contribution in [2.24, 2.45) is 0 Å². The molecule has 0 N–H and O–H groups in total. The van der Waals surface area contributed by atoms with Crippen LogP contribution in [0.4, 0.5) is 0 Å². The largest absolute Gasteiger partial charge is 0.338 e. The van der Waals surface area contributed by atoms with Crippen LogP contribution in [0.3, 0.4) is 0 Å². The highest BCUT2D eigenvalue weighted by atomic mass is 16.2. The van der Waals surface area contributed by atoms with Crippen molar-refractivity contribution in [2.45, 2.75) is 58.4 Å². The summed E-state index contributed by atoms with van der Waals surface area (Å²) in [5, 5.41) is 0. The molecule has 0 bridgehead atoms. The van der Waals surface area contributed by atoms with E-state index in [1.54, 1.807) is 0 Å². The molecule has 0 unspecified atom stereocenters. The molecule has 0 radical (unpaired) electrons. The zero-order chi connectivity index (χ0) is 9.90. The molecular formula is C11H21NO. The Morgan fingerprint density at radius 2 is 1.69 bits per heavy atom. The van der Waals surface area contributed by atoms with Gasteiger partial charge < -0.3 is 4.90 Å². The predicted octanol–water partition coefficient (Wildman–Crippen LogP) is 2.58. The molecule has 1 saturated heterocycles. The van der Waals surface area contributed by atoms with Gasteiger partial charge in [-0.25, -0.2) is 0 Å². The van der Waals surface area contributed by atoms with Crippen LogP contribution in [0.5, 0.6) is 0 Å². The second kappa shape index (κ2) is 4.12. The highest BCUT2D eigenvalue weighted by Crippen LogP contribution is 2.19. The number of likely N-dealkylation sites (tertiary alicyclic amines) is 1. The van der Waals surface area contributed by atoms with Crippen LogP contribution in [-0.4, -0.2) is 22.9 Å². The smallest absolute Gasteiger partial charge is 0.222 e. The molecule has 0 saturated carbocycles. The number of amides is 1. The number of nitrogens with zero attached hydrogens (tertiary/aromatic N) is 1. The third-order valence-corrected chi connectivity index (χ3v) is 2.63. The fourth-order valence-electron chi connectivity index (χ4n) is 1.87. The zero-order valence-electron chi connectivity index (χ0n) is 9.10. The summed E-state index contributed by atoms with van der Waals surface area (Å²) in [6.45, 7) is 7.30. The number of carbonyl (C=O) groups excluding carboxylic acids is 1. The number of rotatable bonds is 0. The third kappa shape index (κ3) is 3.02. The molecule has 1 rings (SSSR count). The van der Waals surface area contributed by atoms with Crippen LogP contribution in [0.25, 0.3) is 0 Å². The summed E-state index contributed by atoms with van der Waals surface area (Å²) in [5.41, 5.74) is 0.00836. The normalized spacial score (nSPS) is 21.2. The highest BCUT2D eigenvalue weighted by molar-refractivity contribution is 5.76. The molecule has 1 fully saturated rings. The van der Waals surface area contributed by atoms with Gasteiger partial charge in [0.1, 0.15) is 0 Å². The van der Waals surface area contributed by atoms with Gasteiger partial charge in [0, 0.05) is 18.5 Å². The van der Waals surface area contributed by atoms with Crippen molar-refractivity contribution in [3.8, 4) is 0 Å². The molecule has 0 aromatic carbocycles. The van der Waals surface area contributed by atoms with Gasteiger partial charge in [0.25, 0.3) is 0 Å². The molecule has 0 aromatic rings. The summed E-state index contributed by atoms with van der Waals surface area (Å²) in [7, 11) is 0. The van der Waals surface area contributed by atoms with Crippen molar-refractivity contribution < 1.29 is 4.79 Å². The first-order valence-electron chi connectivity index (χ1n) is 5.32. The lowest BCUT2D eigenvalue weighted by atomic mass is 10.0. The van der Waals surface area contributed by atoms with E-state index in [9.17, 15) is 4.79 Å². The van der Waals surface area contributed by atoms with Crippen LogP contribution in [-0.2, 0) is 4.79 Å². The van der Waals surface area contributed by atoms with Crippen molar-refractivity contribution in [1.29, 1.82) is 0 Å². The maximum Gasteiger partial charge on any atom is 0.222 e. The molecule has 0 atom stereocenters. The molecule has 1 aliphatic rings. The summed E-state index contributed by atoms with van der Waals surface area (Å²) >= 11 is 0. The average molecular weight is 183 g/mol. The molecule has 0 spiro atoms. The van der Waals surface area contributed by atoms with Crippen LogP contribution in [0.1, 0.15) is 52.9 Å². The molecule has 1 amide bonds. The lowest BCUT2D eigenvalue weighted by molar-refractivity contribution is -0.136. The SMILES string of the molecule is CC(C)(C)N1CCCCCCC1=O. The molecule has 2 nitrogen and oxygen atoms in total. The summed E-state index contributed by atoms with van der Waals surface area (Å²) in [5.74, 6) is 0.340. The summed E-state index contributed by atoms with van der Waals surface area (Å²) in [4.78, 5) is 13.8. The Morgan fingerprint density at radius 3 is 2.31 bits per heavy atom. The maximum absolute atomic E-state index is 11.7. The van der Waals surface area contributed by atoms with E-state index in [0.29, 0.717) is 5.91 Å². The maximum atomic E-state index is 11.7. The van der Waals surface area contributed by atoms with Crippen molar-refractivity contribution in [1.82, 2.24) is 4.90 Å². The van der Waals surface area contributed by atoms with Crippen LogP contribution < -0.4 is 0 Å². The lowest BCUT2D eigenvalue weighted by Crippen LogP contribution is -2.46. The Morgan fingerprint density at radius 1 is 1.08 bits per heavy atom. The van der Waals surface area contributed by atoms with Crippen molar-refractivity contribution in [2.75, 3.05) is 6.54 Å². The minimum absolute atomic E-state index is 0.00836. The van der Waals surface area contributed by atoms with E-state index in [0.717, 1.165) is 19.4 Å². The van der Waals surface area contributed by atoms with E-state index in [1.807, 2.05) is 4.90 Å². The first kappa shape index (κ1) is 10.6. The quantitative estimate of drug-likeness (QED) is 0.565. The Hall–Kier alpha value is -0.530. The summed E-state index contributed by atoms with van der Waals surface area (Å²) < 4.78 is 0. The van der Waals surface area contributed by atoms with Crippen LogP contribution in [0.15, 0.2) is 0 Å². The molecule has 76 valence electrons. The molecule has 13 heavy (non-hydrogen) atoms. The summed E-state index contributed by atoms with van der Waals surface area (Å²) in [6.07, 6.45) is 5.50. The topological polar surface area (TPSA) is 20.3 Å². The van der Waals surface area contributed by atoms with Gasteiger partial charge in [-0.1, -0.05) is 12.8 Å². The molecule has 0 aromatic heterocycles. The van der Waals surface area contributed by atoms with E-state index in [4.69, 9.17) is 0 Å².